The Morgan fingerprint density at radius 3 is 2.09 bits per heavy atom. The number of benzene rings is 1. The van der Waals surface area contributed by atoms with E-state index in [0.717, 1.165) is 12.0 Å². The molecule has 1 atom stereocenters. The monoisotopic (exact) mass is 342 g/mol. The fourth-order valence-electron chi connectivity index (χ4n) is 1.82. The van der Waals surface area contributed by atoms with Crippen LogP contribution < -0.4 is 0 Å². The maximum atomic E-state index is 12.0. The molecule has 4 nitrogen and oxygen atoms in total. The summed E-state index contributed by atoms with van der Waals surface area (Å²) in [5.41, 5.74) is 0.706. The van der Waals surface area contributed by atoms with Crippen molar-refractivity contribution in [2.45, 2.75) is 64.1 Å². The van der Waals surface area contributed by atoms with Crippen molar-refractivity contribution in [3.8, 4) is 0 Å². The molecule has 1 aromatic carbocycles. The number of aryl methyl sites for hydroxylation is 1. The molecule has 0 aliphatic rings. The van der Waals surface area contributed by atoms with Gasteiger partial charge in [0.25, 0.3) is 0 Å². The van der Waals surface area contributed by atoms with Gasteiger partial charge < -0.3 is 9.47 Å². The molecule has 0 aromatic heterocycles. The molecule has 0 amide bonds. The van der Waals surface area contributed by atoms with E-state index in [2.05, 4.69) is 0 Å². The number of ether oxygens (including phenoxy) is 2. The highest BCUT2D eigenvalue weighted by Gasteiger charge is 2.20. The average molecular weight is 343 g/mol. The van der Waals surface area contributed by atoms with Gasteiger partial charge in [0, 0.05) is 6.61 Å². The topological polar surface area (TPSA) is 44.8 Å². The van der Waals surface area contributed by atoms with E-state index < -0.39 is 11.1 Å². The van der Waals surface area contributed by atoms with Gasteiger partial charge in [0.15, 0.2) is 11.1 Å². The lowest BCUT2D eigenvalue weighted by Gasteiger charge is -2.27. The zero-order chi connectivity index (χ0) is 17.5. The quantitative estimate of drug-likeness (QED) is 0.636. The van der Waals surface area contributed by atoms with E-state index in [1.165, 1.54) is 0 Å². The summed E-state index contributed by atoms with van der Waals surface area (Å²) in [4.78, 5) is 0.674. The Morgan fingerprint density at radius 2 is 1.52 bits per heavy atom. The molecule has 0 N–H and O–H groups in total. The summed E-state index contributed by atoms with van der Waals surface area (Å²) in [6, 6.07) is 7.48. The average Bonchev–Trinajstić information content (AvgIpc) is 2.42. The van der Waals surface area contributed by atoms with E-state index in [9.17, 15) is 4.21 Å². The van der Waals surface area contributed by atoms with E-state index in [0.29, 0.717) is 24.7 Å². The van der Waals surface area contributed by atoms with Gasteiger partial charge in [-0.25, -0.2) is 4.21 Å². The molecule has 0 spiro atoms. The zero-order valence-electron chi connectivity index (χ0n) is 15.2. The molecule has 23 heavy (non-hydrogen) atoms. The molecule has 0 fully saturated rings. The molecule has 1 rings (SSSR count). The van der Waals surface area contributed by atoms with Gasteiger partial charge in [-0.05, 0) is 60.1 Å². The predicted octanol–water partition coefficient (Wildman–Crippen LogP) is 4.03. The summed E-state index contributed by atoms with van der Waals surface area (Å²) < 4.78 is 28.8. The van der Waals surface area contributed by atoms with Crippen LogP contribution in [-0.4, -0.2) is 35.2 Å². The summed E-state index contributed by atoms with van der Waals surface area (Å²) in [5, 5.41) is 0. The Bertz CT molecular complexity index is 489. The Balaban J connectivity index is 2.25. The lowest BCUT2D eigenvalue weighted by molar-refractivity contribution is -0.0711. The molecule has 5 heteroatoms. The van der Waals surface area contributed by atoms with Gasteiger partial charge in [-0.2, -0.15) is 0 Å². The molecule has 1 aromatic rings. The van der Waals surface area contributed by atoms with E-state index in [1.54, 1.807) is 0 Å². The fraction of sp³-hybridized carbons (Fsp3) is 0.667. The highest BCUT2D eigenvalue weighted by molar-refractivity contribution is 7.80. The Morgan fingerprint density at radius 1 is 0.913 bits per heavy atom. The van der Waals surface area contributed by atoms with Crippen LogP contribution in [0.25, 0.3) is 0 Å². The van der Waals surface area contributed by atoms with Crippen molar-refractivity contribution in [1.82, 2.24) is 0 Å². The van der Waals surface area contributed by atoms with Gasteiger partial charge in [0.1, 0.15) is 0 Å². The second-order valence-electron chi connectivity index (χ2n) is 7.19. The second-order valence-corrected chi connectivity index (χ2v) is 8.37. The first kappa shape index (κ1) is 20.3. The van der Waals surface area contributed by atoms with E-state index in [4.69, 9.17) is 13.7 Å². The number of hydrogen-bond donors (Lipinski definition) is 0. The normalized spacial score (nSPS) is 14.0. The molecule has 0 saturated heterocycles. The van der Waals surface area contributed by atoms with Crippen molar-refractivity contribution in [1.29, 1.82) is 0 Å². The van der Waals surface area contributed by atoms with Gasteiger partial charge in [0.2, 0.25) is 0 Å². The van der Waals surface area contributed by atoms with Crippen LogP contribution >= 0.6 is 0 Å². The first-order valence-corrected chi connectivity index (χ1v) is 9.06. The first-order valence-electron chi connectivity index (χ1n) is 7.99. The number of hydrogen-bond acceptors (Lipinski definition) is 4. The highest BCUT2D eigenvalue weighted by Crippen LogP contribution is 2.17. The molecule has 0 aliphatic heterocycles. The maximum absolute atomic E-state index is 12.0. The third-order valence-corrected chi connectivity index (χ3v) is 4.26. The van der Waals surface area contributed by atoms with Gasteiger partial charge in [0.05, 0.1) is 29.3 Å². The van der Waals surface area contributed by atoms with E-state index in [1.807, 2.05) is 65.8 Å². The maximum Gasteiger partial charge on any atom is 0.189 e. The zero-order valence-corrected chi connectivity index (χ0v) is 16.0. The molecule has 132 valence electrons. The molecule has 0 aliphatic carbocycles. The Kier molecular flexibility index (Phi) is 7.87. The predicted molar refractivity (Wildman–Crippen MR) is 93.9 cm³/mol. The van der Waals surface area contributed by atoms with Crippen molar-refractivity contribution in [3.05, 3.63) is 29.8 Å². The van der Waals surface area contributed by atoms with Gasteiger partial charge in [-0.15, -0.1) is 0 Å². The Labute approximate surface area is 143 Å². The second kappa shape index (κ2) is 8.92. The summed E-state index contributed by atoms with van der Waals surface area (Å²) in [7, 11) is 0. The minimum Gasteiger partial charge on any atom is -0.376 e. The standard InChI is InChI=1S/C18H30O4S/c1-15-7-9-16(10-8-15)23(19)22-14-13-21-18(5,6)11-12-20-17(2,3)4/h7-10H,11-14H2,1-6H3. The molecule has 0 bridgehead atoms. The summed E-state index contributed by atoms with van der Waals surface area (Å²) in [6.07, 6.45) is 0.797. The van der Waals surface area contributed by atoms with Crippen LogP contribution in [0.2, 0.25) is 0 Å². The van der Waals surface area contributed by atoms with Crippen LogP contribution in [0.1, 0.15) is 46.6 Å². The smallest absolute Gasteiger partial charge is 0.189 e. The highest BCUT2D eigenvalue weighted by atomic mass is 32.2. The van der Waals surface area contributed by atoms with Crippen molar-refractivity contribution >= 4 is 11.1 Å². The minimum atomic E-state index is -1.44. The molecule has 0 saturated carbocycles. The van der Waals surface area contributed by atoms with Crippen LogP contribution in [0.15, 0.2) is 29.2 Å². The van der Waals surface area contributed by atoms with Gasteiger partial charge in [-0.3, -0.25) is 4.18 Å². The van der Waals surface area contributed by atoms with Gasteiger partial charge in [-0.1, -0.05) is 17.7 Å². The van der Waals surface area contributed by atoms with E-state index in [-0.39, 0.29) is 11.2 Å². The number of rotatable bonds is 9. The van der Waals surface area contributed by atoms with Crippen LogP contribution in [0, 0.1) is 6.92 Å². The summed E-state index contributed by atoms with van der Waals surface area (Å²) in [5.74, 6) is 0. The summed E-state index contributed by atoms with van der Waals surface area (Å²) >= 11 is -1.44. The Hall–Kier alpha value is -0.750. The molecule has 0 heterocycles. The van der Waals surface area contributed by atoms with Gasteiger partial charge >= 0.3 is 0 Å². The van der Waals surface area contributed by atoms with Crippen molar-refractivity contribution in [3.63, 3.8) is 0 Å². The van der Waals surface area contributed by atoms with Crippen molar-refractivity contribution in [2.75, 3.05) is 19.8 Å². The van der Waals surface area contributed by atoms with Crippen LogP contribution in [-0.2, 0) is 24.7 Å². The third kappa shape index (κ3) is 9.20. The van der Waals surface area contributed by atoms with Crippen LogP contribution in [0.5, 0.6) is 0 Å². The molecular weight excluding hydrogens is 312 g/mol. The lowest BCUT2D eigenvalue weighted by atomic mass is 10.1. The third-order valence-electron chi connectivity index (χ3n) is 3.22. The van der Waals surface area contributed by atoms with Crippen LogP contribution in [0.4, 0.5) is 0 Å². The largest absolute Gasteiger partial charge is 0.376 e. The van der Waals surface area contributed by atoms with Crippen molar-refractivity contribution in [2.24, 2.45) is 0 Å². The molecule has 0 radical (unpaired) electrons. The van der Waals surface area contributed by atoms with E-state index >= 15 is 0 Å². The first-order chi connectivity index (χ1) is 10.6. The minimum absolute atomic E-state index is 0.135. The molecule has 1 unspecified atom stereocenters. The van der Waals surface area contributed by atoms with Crippen molar-refractivity contribution < 1.29 is 17.9 Å². The molecular formula is C18H30O4S. The summed E-state index contributed by atoms with van der Waals surface area (Å²) in [6.45, 7) is 13.5. The lowest BCUT2D eigenvalue weighted by Crippen LogP contribution is -2.30. The van der Waals surface area contributed by atoms with Crippen LogP contribution in [0.3, 0.4) is 0 Å². The fourth-order valence-corrected chi connectivity index (χ4v) is 2.53. The SMILES string of the molecule is Cc1ccc(S(=O)OCCOC(C)(C)CCOC(C)(C)C)cc1.